The molecule has 18 heavy (non-hydrogen) atoms. The molecule has 0 unspecified atom stereocenters. The Labute approximate surface area is 108 Å². The van der Waals surface area contributed by atoms with Crippen molar-refractivity contribution in [2.45, 2.75) is 31.6 Å². The van der Waals surface area contributed by atoms with Crippen molar-refractivity contribution < 1.29 is 17.7 Å². The Bertz CT molecular complexity index is 485. The fourth-order valence-electron chi connectivity index (χ4n) is 1.49. The molecule has 2 N–H and O–H groups in total. The number of ether oxygens (including phenoxy) is 1. The van der Waals surface area contributed by atoms with Crippen LogP contribution >= 0.6 is 0 Å². The third-order valence-corrected chi connectivity index (χ3v) is 3.24. The molecule has 0 aliphatic carbocycles. The average molecular weight is 273 g/mol. The van der Waals surface area contributed by atoms with Crippen LogP contribution in [0.15, 0.2) is 23.1 Å². The maximum atomic E-state index is 11.1. The first-order valence-corrected chi connectivity index (χ1v) is 7.41. The Hall–Kier alpha value is -1.27. The van der Waals surface area contributed by atoms with Crippen molar-refractivity contribution in [1.29, 1.82) is 0 Å². The average Bonchev–Trinajstić information content (AvgIpc) is 2.30. The minimum Gasteiger partial charge on any atom is -0.492 e. The molecule has 102 valence electrons. The number of nitrogens with one attached hydrogen (secondary N) is 1. The lowest BCUT2D eigenvalue weighted by Gasteiger charge is -2.13. The van der Waals surface area contributed by atoms with E-state index in [1.54, 1.807) is 6.07 Å². The van der Waals surface area contributed by atoms with Gasteiger partial charge in [0.1, 0.15) is 5.75 Å². The molecule has 0 saturated carbocycles. The molecule has 1 rings (SSSR count). The largest absolute Gasteiger partial charge is 0.492 e. The topological polar surface area (TPSA) is 75.6 Å². The second kappa shape index (κ2) is 6.61. The lowest BCUT2D eigenvalue weighted by Crippen LogP contribution is -2.06. The minimum absolute atomic E-state index is 0.134. The zero-order valence-electron chi connectivity index (χ0n) is 10.6. The molecular weight excluding hydrogens is 254 g/mol. The highest BCUT2D eigenvalue weighted by Gasteiger charge is 2.13. The van der Waals surface area contributed by atoms with Gasteiger partial charge >= 0.3 is 0 Å². The quantitative estimate of drug-likeness (QED) is 0.590. The highest BCUT2D eigenvalue weighted by molar-refractivity contribution is 7.85. The SMILES string of the molecule is CCCCNc1cc(S(=O)(=O)O)ccc1OCC. The maximum absolute atomic E-state index is 11.1. The lowest BCUT2D eigenvalue weighted by molar-refractivity contribution is 0.341. The number of benzene rings is 1. The molecule has 0 saturated heterocycles. The standard InChI is InChI=1S/C12H19NO4S/c1-3-5-8-13-11-9-10(18(14,15)16)6-7-12(11)17-4-2/h6-7,9,13H,3-5,8H2,1-2H3,(H,14,15,16). The molecule has 0 aromatic heterocycles. The van der Waals surface area contributed by atoms with E-state index in [0.29, 0.717) is 18.0 Å². The van der Waals surface area contributed by atoms with E-state index >= 15 is 0 Å². The summed E-state index contributed by atoms with van der Waals surface area (Å²) in [5.74, 6) is 0.584. The third kappa shape index (κ3) is 4.19. The molecule has 1 aromatic rings. The number of rotatable bonds is 7. The van der Waals surface area contributed by atoms with Crippen LogP contribution in [0.1, 0.15) is 26.7 Å². The first-order valence-electron chi connectivity index (χ1n) is 5.97. The van der Waals surface area contributed by atoms with E-state index in [9.17, 15) is 8.42 Å². The molecule has 0 aliphatic rings. The number of hydrogen-bond donors (Lipinski definition) is 2. The van der Waals surface area contributed by atoms with Crippen LogP contribution in [0.4, 0.5) is 5.69 Å². The molecule has 0 amide bonds. The van der Waals surface area contributed by atoms with Crippen LogP contribution in [-0.2, 0) is 10.1 Å². The smallest absolute Gasteiger partial charge is 0.294 e. The summed E-state index contributed by atoms with van der Waals surface area (Å²) in [6, 6.07) is 4.25. The second-order valence-electron chi connectivity index (χ2n) is 3.85. The van der Waals surface area contributed by atoms with E-state index in [4.69, 9.17) is 9.29 Å². The van der Waals surface area contributed by atoms with E-state index < -0.39 is 10.1 Å². The van der Waals surface area contributed by atoms with Crippen molar-refractivity contribution in [1.82, 2.24) is 0 Å². The Morgan fingerprint density at radius 2 is 2.06 bits per heavy atom. The molecule has 0 atom stereocenters. The summed E-state index contributed by atoms with van der Waals surface area (Å²) in [5.41, 5.74) is 0.584. The fourth-order valence-corrected chi connectivity index (χ4v) is 2.00. The molecular formula is C12H19NO4S. The first-order chi connectivity index (χ1) is 8.49. The molecule has 0 radical (unpaired) electrons. The van der Waals surface area contributed by atoms with Gasteiger partial charge in [0, 0.05) is 6.54 Å². The number of unbranched alkanes of at least 4 members (excludes halogenated alkanes) is 1. The molecule has 6 heteroatoms. The third-order valence-electron chi connectivity index (χ3n) is 2.39. The van der Waals surface area contributed by atoms with Gasteiger partial charge in [-0.2, -0.15) is 8.42 Å². The fraction of sp³-hybridized carbons (Fsp3) is 0.500. The maximum Gasteiger partial charge on any atom is 0.294 e. The summed E-state index contributed by atoms with van der Waals surface area (Å²) in [6.45, 7) is 5.14. The van der Waals surface area contributed by atoms with Crippen molar-refractivity contribution in [3.05, 3.63) is 18.2 Å². The van der Waals surface area contributed by atoms with Gasteiger partial charge in [-0.1, -0.05) is 13.3 Å². The highest BCUT2D eigenvalue weighted by atomic mass is 32.2. The second-order valence-corrected chi connectivity index (χ2v) is 5.27. The summed E-state index contributed by atoms with van der Waals surface area (Å²) in [6.07, 6.45) is 2.01. The normalized spacial score (nSPS) is 11.3. The first kappa shape index (κ1) is 14.8. The predicted octanol–water partition coefficient (Wildman–Crippen LogP) is 2.54. The predicted molar refractivity (Wildman–Crippen MR) is 70.8 cm³/mol. The van der Waals surface area contributed by atoms with Crippen molar-refractivity contribution in [3.8, 4) is 5.75 Å². The molecule has 0 bridgehead atoms. The lowest BCUT2D eigenvalue weighted by atomic mass is 10.2. The van der Waals surface area contributed by atoms with E-state index in [2.05, 4.69) is 12.2 Å². The van der Waals surface area contributed by atoms with E-state index in [0.717, 1.165) is 19.4 Å². The van der Waals surface area contributed by atoms with Crippen LogP contribution in [0.5, 0.6) is 5.75 Å². The van der Waals surface area contributed by atoms with Gasteiger partial charge in [-0.15, -0.1) is 0 Å². The zero-order valence-corrected chi connectivity index (χ0v) is 11.5. The van der Waals surface area contributed by atoms with Crippen LogP contribution in [0, 0.1) is 0 Å². The van der Waals surface area contributed by atoms with Crippen LogP contribution in [-0.4, -0.2) is 26.1 Å². The molecule has 0 fully saturated rings. The Morgan fingerprint density at radius 1 is 1.33 bits per heavy atom. The van der Waals surface area contributed by atoms with Crippen LogP contribution in [0.2, 0.25) is 0 Å². The van der Waals surface area contributed by atoms with Crippen LogP contribution in [0.25, 0.3) is 0 Å². The van der Waals surface area contributed by atoms with Gasteiger partial charge in [0.25, 0.3) is 10.1 Å². The van der Waals surface area contributed by atoms with Gasteiger partial charge in [0.2, 0.25) is 0 Å². The van der Waals surface area contributed by atoms with Gasteiger partial charge in [0.05, 0.1) is 17.2 Å². The molecule has 0 aliphatic heterocycles. The molecule has 0 spiro atoms. The summed E-state index contributed by atoms with van der Waals surface area (Å²) >= 11 is 0. The van der Waals surface area contributed by atoms with E-state index in [-0.39, 0.29) is 4.90 Å². The zero-order chi connectivity index (χ0) is 13.6. The monoisotopic (exact) mass is 273 g/mol. The summed E-state index contributed by atoms with van der Waals surface area (Å²) in [7, 11) is -4.18. The van der Waals surface area contributed by atoms with Crippen molar-refractivity contribution in [2.75, 3.05) is 18.5 Å². The molecule has 1 aromatic carbocycles. The molecule has 0 heterocycles. The summed E-state index contributed by atoms with van der Waals surface area (Å²) in [5, 5.41) is 3.11. The van der Waals surface area contributed by atoms with Crippen LogP contribution in [0.3, 0.4) is 0 Å². The Kier molecular flexibility index (Phi) is 5.43. The van der Waals surface area contributed by atoms with Crippen molar-refractivity contribution in [3.63, 3.8) is 0 Å². The van der Waals surface area contributed by atoms with Gasteiger partial charge in [-0.3, -0.25) is 4.55 Å². The van der Waals surface area contributed by atoms with Gasteiger partial charge in [0.15, 0.2) is 0 Å². The van der Waals surface area contributed by atoms with E-state index in [1.165, 1.54) is 12.1 Å². The number of anilines is 1. The Morgan fingerprint density at radius 3 is 2.61 bits per heavy atom. The Balaban J connectivity index is 2.99. The minimum atomic E-state index is -4.18. The van der Waals surface area contributed by atoms with Crippen LogP contribution < -0.4 is 10.1 Å². The number of hydrogen-bond acceptors (Lipinski definition) is 4. The van der Waals surface area contributed by atoms with E-state index in [1.807, 2.05) is 6.92 Å². The summed E-state index contributed by atoms with van der Waals surface area (Å²) in [4.78, 5) is -0.134. The summed E-state index contributed by atoms with van der Waals surface area (Å²) < 4.78 is 36.5. The van der Waals surface area contributed by atoms with Gasteiger partial charge in [-0.05, 0) is 31.5 Å². The molecule has 5 nitrogen and oxygen atoms in total. The van der Waals surface area contributed by atoms with Gasteiger partial charge in [-0.25, -0.2) is 0 Å². The van der Waals surface area contributed by atoms with Gasteiger partial charge < -0.3 is 10.1 Å². The highest BCUT2D eigenvalue weighted by Crippen LogP contribution is 2.27. The van der Waals surface area contributed by atoms with Crippen molar-refractivity contribution in [2.24, 2.45) is 0 Å². The van der Waals surface area contributed by atoms with Crippen molar-refractivity contribution >= 4 is 15.8 Å².